The van der Waals surface area contributed by atoms with Gasteiger partial charge >= 0.3 is 0 Å². The van der Waals surface area contributed by atoms with E-state index in [1.807, 2.05) is 33.0 Å². The van der Waals surface area contributed by atoms with Gasteiger partial charge in [0.1, 0.15) is 6.54 Å². The van der Waals surface area contributed by atoms with E-state index in [0.717, 1.165) is 16.9 Å². The Morgan fingerprint density at radius 3 is 2.24 bits per heavy atom. The van der Waals surface area contributed by atoms with Gasteiger partial charge in [0.2, 0.25) is 11.8 Å². The summed E-state index contributed by atoms with van der Waals surface area (Å²) < 4.78 is 0. The molecule has 1 heterocycles. The van der Waals surface area contributed by atoms with E-state index in [4.69, 9.17) is 0 Å². The number of hydrogen-bond acceptors (Lipinski definition) is 3. The van der Waals surface area contributed by atoms with Gasteiger partial charge < -0.3 is 10.2 Å². The number of carbonyl (C=O) groups excluding carboxylic acids is 3. The van der Waals surface area contributed by atoms with E-state index in [-0.39, 0.29) is 23.1 Å². The largest absolute Gasteiger partial charge is 0.355 e. The van der Waals surface area contributed by atoms with Crippen molar-refractivity contribution in [2.75, 3.05) is 20.8 Å². The number of hydrogen-bond donors (Lipinski definition) is 2. The van der Waals surface area contributed by atoms with Crippen molar-refractivity contribution in [2.24, 2.45) is 5.41 Å². The summed E-state index contributed by atoms with van der Waals surface area (Å²) in [4.78, 5) is 38.7. The molecule has 1 unspecified atom stereocenters. The van der Waals surface area contributed by atoms with Crippen LogP contribution in [0.5, 0.6) is 0 Å². The number of quaternary nitrogens is 1. The molecule has 6 nitrogen and oxygen atoms in total. The molecule has 25 heavy (non-hydrogen) atoms. The van der Waals surface area contributed by atoms with Gasteiger partial charge in [-0.25, -0.2) is 4.90 Å². The fourth-order valence-corrected chi connectivity index (χ4v) is 3.14. The molecule has 1 aliphatic heterocycles. The standard InChI is InChI=1S/C19H27N3O3/c1-5-19(2)10-16(23)22(17(24)11-19)13-21(4)12-14-6-8-15(9-7-14)18(25)20-3/h6-9H,5,10-13H2,1-4H3,(H,20,25)/p+1. The minimum absolute atomic E-state index is 0.0742. The van der Waals surface area contributed by atoms with Crippen LogP contribution >= 0.6 is 0 Å². The number of amides is 3. The van der Waals surface area contributed by atoms with Gasteiger partial charge in [-0.2, -0.15) is 0 Å². The number of carbonyl (C=O) groups is 3. The first kappa shape index (κ1) is 19.1. The van der Waals surface area contributed by atoms with E-state index in [0.29, 0.717) is 31.6 Å². The molecule has 0 spiro atoms. The highest BCUT2D eigenvalue weighted by molar-refractivity contribution is 5.98. The summed E-state index contributed by atoms with van der Waals surface area (Å²) in [5.41, 5.74) is 1.47. The quantitative estimate of drug-likeness (QED) is 0.741. The molecule has 0 bridgehead atoms. The van der Waals surface area contributed by atoms with Crippen molar-refractivity contribution in [1.82, 2.24) is 10.2 Å². The van der Waals surface area contributed by atoms with Crippen LogP contribution in [0, 0.1) is 5.41 Å². The van der Waals surface area contributed by atoms with Gasteiger partial charge in [0, 0.05) is 31.0 Å². The van der Waals surface area contributed by atoms with Crippen LogP contribution in [0.25, 0.3) is 0 Å². The third kappa shape index (κ3) is 4.66. The lowest BCUT2D eigenvalue weighted by Gasteiger charge is -2.37. The molecule has 3 amide bonds. The molecule has 1 aliphatic rings. The molecule has 136 valence electrons. The Bertz CT molecular complexity index is 636. The van der Waals surface area contributed by atoms with Crippen LogP contribution in [-0.4, -0.2) is 43.4 Å². The number of rotatable bonds is 6. The number of nitrogens with zero attached hydrogens (tertiary/aromatic N) is 1. The Kier molecular flexibility index (Phi) is 5.95. The number of nitrogens with one attached hydrogen (secondary N) is 2. The van der Waals surface area contributed by atoms with E-state index in [1.165, 1.54) is 4.90 Å². The molecule has 1 saturated heterocycles. The molecule has 1 fully saturated rings. The van der Waals surface area contributed by atoms with Crippen molar-refractivity contribution >= 4 is 17.7 Å². The zero-order valence-electron chi connectivity index (χ0n) is 15.5. The summed E-state index contributed by atoms with van der Waals surface area (Å²) in [7, 11) is 3.56. The minimum Gasteiger partial charge on any atom is -0.355 e. The Labute approximate surface area is 149 Å². The summed E-state index contributed by atoms with van der Waals surface area (Å²) >= 11 is 0. The molecule has 6 heteroatoms. The average Bonchev–Trinajstić information content (AvgIpc) is 2.58. The van der Waals surface area contributed by atoms with Crippen LogP contribution < -0.4 is 10.2 Å². The number of imide groups is 1. The zero-order valence-corrected chi connectivity index (χ0v) is 15.5. The lowest BCUT2D eigenvalue weighted by atomic mass is 9.77. The lowest BCUT2D eigenvalue weighted by molar-refractivity contribution is -0.901. The van der Waals surface area contributed by atoms with Gasteiger partial charge in [-0.15, -0.1) is 0 Å². The highest BCUT2D eigenvalue weighted by Gasteiger charge is 2.40. The van der Waals surface area contributed by atoms with E-state index >= 15 is 0 Å². The van der Waals surface area contributed by atoms with Crippen molar-refractivity contribution < 1.29 is 19.3 Å². The van der Waals surface area contributed by atoms with Crippen LogP contribution in [-0.2, 0) is 16.1 Å². The highest BCUT2D eigenvalue weighted by atomic mass is 16.2. The molecule has 1 aromatic carbocycles. The SMILES string of the molecule is CCC1(C)CC(=O)N(C[NH+](C)Cc2ccc(C(=O)NC)cc2)C(=O)C1. The van der Waals surface area contributed by atoms with Crippen LogP contribution in [0.15, 0.2) is 24.3 Å². The van der Waals surface area contributed by atoms with E-state index in [1.54, 1.807) is 19.2 Å². The van der Waals surface area contributed by atoms with Crippen LogP contribution in [0.1, 0.15) is 49.0 Å². The zero-order chi connectivity index (χ0) is 18.6. The van der Waals surface area contributed by atoms with Crippen LogP contribution in [0.4, 0.5) is 0 Å². The number of benzene rings is 1. The summed E-state index contributed by atoms with van der Waals surface area (Å²) in [6.45, 7) is 5.07. The van der Waals surface area contributed by atoms with Gasteiger partial charge in [-0.1, -0.05) is 26.0 Å². The third-order valence-corrected chi connectivity index (χ3v) is 4.99. The third-order valence-electron chi connectivity index (χ3n) is 4.99. The molecule has 0 aromatic heterocycles. The normalized spacial score (nSPS) is 18.2. The Morgan fingerprint density at radius 2 is 1.76 bits per heavy atom. The Balaban J connectivity index is 1.96. The van der Waals surface area contributed by atoms with Gasteiger partial charge in [0.05, 0.1) is 7.05 Å². The smallest absolute Gasteiger partial charge is 0.251 e. The second-order valence-electron chi connectivity index (χ2n) is 7.30. The first-order chi connectivity index (χ1) is 11.8. The molecule has 2 rings (SSSR count). The maximum absolute atomic E-state index is 12.4. The topological polar surface area (TPSA) is 70.9 Å². The average molecular weight is 346 g/mol. The minimum atomic E-state index is -0.200. The first-order valence-corrected chi connectivity index (χ1v) is 8.73. The summed E-state index contributed by atoms with van der Waals surface area (Å²) in [5, 5.41) is 2.59. The van der Waals surface area contributed by atoms with Gasteiger partial charge in [0.15, 0.2) is 6.67 Å². The summed E-state index contributed by atoms with van der Waals surface area (Å²) in [6.07, 6.45) is 1.70. The summed E-state index contributed by atoms with van der Waals surface area (Å²) in [5.74, 6) is -0.263. The second kappa shape index (κ2) is 7.78. The second-order valence-corrected chi connectivity index (χ2v) is 7.30. The summed E-state index contributed by atoms with van der Waals surface area (Å²) in [6, 6.07) is 7.38. The molecular weight excluding hydrogens is 318 g/mol. The number of likely N-dealkylation sites (tertiary alicyclic amines) is 1. The number of piperidine rings is 1. The van der Waals surface area contributed by atoms with Gasteiger partial charge in [-0.3, -0.25) is 14.4 Å². The molecule has 0 saturated carbocycles. The van der Waals surface area contributed by atoms with E-state index in [2.05, 4.69) is 5.32 Å². The van der Waals surface area contributed by atoms with Gasteiger partial charge in [-0.05, 0) is 24.0 Å². The fraction of sp³-hybridized carbons (Fsp3) is 0.526. The molecule has 0 radical (unpaired) electrons. The predicted octanol–water partition coefficient (Wildman–Crippen LogP) is 0.584. The lowest BCUT2D eigenvalue weighted by Crippen LogP contribution is -3.09. The van der Waals surface area contributed by atoms with Gasteiger partial charge in [0.25, 0.3) is 5.91 Å². The molecule has 0 aliphatic carbocycles. The first-order valence-electron chi connectivity index (χ1n) is 8.73. The van der Waals surface area contributed by atoms with Crippen LogP contribution in [0.2, 0.25) is 0 Å². The molecule has 1 atom stereocenters. The molecule has 2 N–H and O–H groups in total. The predicted molar refractivity (Wildman–Crippen MR) is 94.8 cm³/mol. The Morgan fingerprint density at radius 1 is 1.20 bits per heavy atom. The maximum Gasteiger partial charge on any atom is 0.251 e. The van der Waals surface area contributed by atoms with Crippen molar-refractivity contribution in [3.63, 3.8) is 0 Å². The van der Waals surface area contributed by atoms with Crippen molar-refractivity contribution in [1.29, 1.82) is 0 Å². The Hall–Kier alpha value is -2.21. The maximum atomic E-state index is 12.4. The fourth-order valence-electron chi connectivity index (χ4n) is 3.14. The van der Waals surface area contributed by atoms with Crippen molar-refractivity contribution in [2.45, 2.75) is 39.7 Å². The van der Waals surface area contributed by atoms with E-state index in [9.17, 15) is 14.4 Å². The monoisotopic (exact) mass is 346 g/mol. The van der Waals surface area contributed by atoms with E-state index < -0.39 is 0 Å². The van der Waals surface area contributed by atoms with Crippen LogP contribution in [0.3, 0.4) is 0 Å². The molecular formula is C19H28N3O3+. The highest BCUT2D eigenvalue weighted by Crippen LogP contribution is 2.34. The van der Waals surface area contributed by atoms with Crippen molar-refractivity contribution in [3.05, 3.63) is 35.4 Å². The van der Waals surface area contributed by atoms with Crippen molar-refractivity contribution in [3.8, 4) is 0 Å². The molecule has 1 aromatic rings.